The molecule has 3 heterocycles. The molecular weight excluding hydrogens is 304 g/mol. The van der Waals surface area contributed by atoms with Gasteiger partial charge in [-0.1, -0.05) is 0 Å². The number of hydrogen-bond acceptors (Lipinski definition) is 4. The van der Waals surface area contributed by atoms with Gasteiger partial charge in [0.15, 0.2) is 0 Å². The number of hydrogen-bond donors (Lipinski definition) is 1. The van der Waals surface area contributed by atoms with Crippen molar-refractivity contribution >= 4 is 5.91 Å². The predicted octanol–water partition coefficient (Wildman–Crippen LogP) is 0.513. The van der Waals surface area contributed by atoms with Crippen LogP contribution in [0.2, 0.25) is 0 Å². The van der Waals surface area contributed by atoms with Crippen molar-refractivity contribution in [2.75, 3.05) is 33.7 Å². The lowest BCUT2D eigenvalue weighted by Crippen LogP contribution is -2.51. The van der Waals surface area contributed by atoms with Gasteiger partial charge < -0.3 is 14.6 Å². The van der Waals surface area contributed by atoms with Crippen LogP contribution in [0.1, 0.15) is 25.0 Å². The van der Waals surface area contributed by atoms with Crippen LogP contribution in [0.5, 0.6) is 0 Å². The molecule has 134 valence electrons. The molecular formula is C18H30N4O2. The van der Waals surface area contributed by atoms with Crippen molar-refractivity contribution in [3.8, 4) is 0 Å². The number of aryl methyl sites for hydroxylation is 1. The molecule has 1 aromatic rings. The lowest BCUT2D eigenvalue weighted by molar-refractivity contribution is -0.134. The Morgan fingerprint density at radius 1 is 1.33 bits per heavy atom. The lowest BCUT2D eigenvalue weighted by atomic mass is 10.0. The van der Waals surface area contributed by atoms with Gasteiger partial charge in [0.25, 0.3) is 0 Å². The van der Waals surface area contributed by atoms with Gasteiger partial charge in [-0.2, -0.15) is 0 Å². The molecule has 24 heavy (non-hydrogen) atoms. The largest absolute Gasteiger partial charge is 0.392 e. The Morgan fingerprint density at radius 3 is 2.62 bits per heavy atom. The van der Waals surface area contributed by atoms with Crippen molar-refractivity contribution in [3.63, 3.8) is 0 Å². The van der Waals surface area contributed by atoms with Crippen molar-refractivity contribution in [1.29, 1.82) is 0 Å². The summed E-state index contributed by atoms with van der Waals surface area (Å²) in [6.45, 7) is 3.71. The maximum Gasteiger partial charge on any atom is 0.239 e. The summed E-state index contributed by atoms with van der Waals surface area (Å²) < 4.78 is 2.18. The number of likely N-dealkylation sites (tertiary alicyclic amines) is 2. The van der Waals surface area contributed by atoms with Gasteiger partial charge in [-0.3, -0.25) is 14.6 Å². The molecule has 0 spiro atoms. The first kappa shape index (κ1) is 17.5. The summed E-state index contributed by atoms with van der Waals surface area (Å²) in [6.07, 6.45) is 4.41. The number of likely N-dealkylation sites (N-methyl/N-ethyl adjacent to an activating group) is 1. The zero-order chi connectivity index (χ0) is 17.3. The van der Waals surface area contributed by atoms with Gasteiger partial charge in [0.2, 0.25) is 5.91 Å². The fourth-order valence-electron chi connectivity index (χ4n) is 4.08. The van der Waals surface area contributed by atoms with Crippen LogP contribution in [0.25, 0.3) is 0 Å². The predicted molar refractivity (Wildman–Crippen MR) is 93.5 cm³/mol. The van der Waals surface area contributed by atoms with E-state index in [1.54, 1.807) is 19.0 Å². The van der Waals surface area contributed by atoms with Gasteiger partial charge in [0, 0.05) is 65.3 Å². The zero-order valence-corrected chi connectivity index (χ0v) is 15.1. The van der Waals surface area contributed by atoms with Crippen molar-refractivity contribution in [3.05, 3.63) is 24.0 Å². The minimum atomic E-state index is -0.375. The van der Waals surface area contributed by atoms with Crippen LogP contribution >= 0.6 is 0 Å². The highest BCUT2D eigenvalue weighted by molar-refractivity contribution is 5.81. The fourth-order valence-corrected chi connectivity index (χ4v) is 4.08. The molecule has 0 bridgehead atoms. The number of rotatable bonds is 4. The topological polar surface area (TPSA) is 52.0 Å². The summed E-state index contributed by atoms with van der Waals surface area (Å²) in [5.74, 6) is 0.123. The monoisotopic (exact) mass is 334 g/mol. The maximum atomic E-state index is 12.4. The molecule has 1 amide bonds. The van der Waals surface area contributed by atoms with E-state index >= 15 is 0 Å². The normalized spacial score (nSPS) is 26.8. The Kier molecular flexibility index (Phi) is 5.27. The summed E-state index contributed by atoms with van der Waals surface area (Å²) in [5.41, 5.74) is 1.34. The number of carbonyl (C=O) groups is 1. The second kappa shape index (κ2) is 7.25. The van der Waals surface area contributed by atoms with Crippen LogP contribution in [-0.4, -0.2) is 82.2 Å². The van der Waals surface area contributed by atoms with Gasteiger partial charge in [-0.15, -0.1) is 0 Å². The van der Waals surface area contributed by atoms with Gasteiger partial charge >= 0.3 is 0 Å². The number of nitrogens with zero attached hydrogens (tertiary/aromatic N) is 4. The molecule has 0 aromatic carbocycles. The van der Waals surface area contributed by atoms with E-state index in [9.17, 15) is 9.90 Å². The Hall–Kier alpha value is -1.37. The van der Waals surface area contributed by atoms with E-state index in [1.165, 1.54) is 5.69 Å². The molecule has 0 radical (unpaired) electrons. The molecule has 1 aromatic heterocycles. The van der Waals surface area contributed by atoms with E-state index < -0.39 is 0 Å². The highest BCUT2D eigenvalue weighted by Crippen LogP contribution is 2.27. The number of amides is 1. The van der Waals surface area contributed by atoms with Crippen LogP contribution in [0.4, 0.5) is 0 Å². The number of carbonyl (C=O) groups excluding carboxylic acids is 1. The quantitative estimate of drug-likeness (QED) is 0.872. The molecule has 2 saturated heterocycles. The van der Waals surface area contributed by atoms with Crippen molar-refractivity contribution in [2.45, 2.75) is 44.0 Å². The average molecular weight is 334 g/mol. The molecule has 2 fully saturated rings. The van der Waals surface area contributed by atoms with Gasteiger partial charge in [-0.05, 0) is 31.4 Å². The minimum absolute atomic E-state index is 0.123. The number of piperidine rings is 1. The highest BCUT2D eigenvalue weighted by atomic mass is 16.3. The first-order valence-electron chi connectivity index (χ1n) is 8.93. The SMILES string of the molecule is CN(C)C(=O)[C@@H]1C[C@@H](O)CN1C1CCN(Cc2cccn2C)CC1. The molecule has 3 rings (SSSR count). The number of aliphatic hydroxyl groups is 1. The van der Waals surface area contributed by atoms with E-state index in [0.29, 0.717) is 19.0 Å². The molecule has 6 nitrogen and oxygen atoms in total. The zero-order valence-electron chi connectivity index (χ0n) is 15.1. The van der Waals surface area contributed by atoms with E-state index in [4.69, 9.17) is 0 Å². The number of aromatic nitrogens is 1. The lowest BCUT2D eigenvalue weighted by Gasteiger charge is -2.39. The molecule has 2 aliphatic heterocycles. The van der Waals surface area contributed by atoms with E-state index in [1.807, 2.05) is 0 Å². The van der Waals surface area contributed by atoms with Crippen LogP contribution in [0, 0.1) is 0 Å². The summed E-state index contributed by atoms with van der Waals surface area (Å²) in [6, 6.07) is 4.51. The van der Waals surface area contributed by atoms with Crippen LogP contribution in [0.15, 0.2) is 18.3 Å². The maximum absolute atomic E-state index is 12.4. The number of aliphatic hydroxyl groups excluding tert-OH is 1. The smallest absolute Gasteiger partial charge is 0.239 e. The summed E-state index contributed by atoms with van der Waals surface area (Å²) in [5, 5.41) is 10.1. The van der Waals surface area contributed by atoms with Crippen molar-refractivity contribution < 1.29 is 9.90 Å². The summed E-state index contributed by atoms with van der Waals surface area (Å²) in [7, 11) is 5.69. The van der Waals surface area contributed by atoms with Crippen molar-refractivity contribution in [1.82, 2.24) is 19.3 Å². The van der Waals surface area contributed by atoms with E-state index in [0.717, 1.165) is 32.5 Å². The second-order valence-corrected chi connectivity index (χ2v) is 7.45. The third-order valence-electron chi connectivity index (χ3n) is 5.51. The molecule has 2 aliphatic rings. The highest BCUT2D eigenvalue weighted by Gasteiger charge is 2.41. The standard InChI is InChI=1S/C18H30N4O2/c1-19(2)18(24)17-11-16(23)13-22(17)14-6-9-21(10-7-14)12-15-5-4-8-20(15)3/h4-5,8,14,16-17,23H,6-7,9-13H2,1-3H3/t16-,17+/m1/s1. The second-order valence-electron chi connectivity index (χ2n) is 7.45. The molecule has 0 aliphatic carbocycles. The van der Waals surface area contributed by atoms with E-state index in [2.05, 4.69) is 39.7 Å². The molecule has 0 saturated carbocycles. The fraction of sp³-hybridized carbons (Fsp3) is 0.722. The Morgan fingerprint density at radius 2 is 2.04 bits per heavy atom. The van der Waals surface area contributed by atoms with Gasteiger partial charge in [0.05, 0.1) is 12.1 Å². The van der Waals surface area contributed by atoms with Gasteiger partial charge in [-0.25, -0.2) is 0 Å². The molecule has 0 unspecified atom stereocenters. The molecule has 6 heteroatoms. The van der Waals surface area contributed by atoms with Crippen LogP contribution < -0.4 is 0 Å². The summed E-state index contributed by atoms with van der Waals surface area (Å²) in [4.78, 5) is 18.8. The number of β-amino-alcohol motifs (C(OH)–C–C–N with tert-alkyl or cyclic N) is 1. The van der Waals surface area contributed by atoms with Crippen molar-refractivity contribution in [2.24, 2.45) is 7.05 Å². The third-order valence-corrected chi connectivity index (χ3v) is 5.51. The van der Waals surface area contributed by atoms with Crippen LogP contribution in [-0.2, 0) is 18.4 Å². The third kappa shape index (κ3) is 3.66. The average Bonchev–Trinajstić information content (AvgIpc) is 3.13. The van der Waals surface area contributed by atoms with Crippen LogP contribution in [0.3, 0.4) is 0 Å². The molecule has 2 atom stereocenters. The Bertz CT molecular complexity index is 563. The Balaban J connectivity index is 1.57. The first-order chi connectivity index (χ1) is 11.5. The van der Waals surface area contributed by atoms with Gasteiger partial charge in [0.1, 0.15) is 0 Å². The molecule has 1 N–H and O–H groups in total. The Labute approximate surface area is 144 Å². The minimum Gasteiger partial charge on any atom is -0.392 e. The first-order valence-corrected chi connectivity index (χ1v) is 8.93. The van der Waals surface area contributed by atoms with E-state index in [-0.39, 0.29) is 18.1 Å². The summed E-state index contributed by atoms with van der Waals surface area (Å²) >= 11 is 0.